The predicted molar refractivity (Wildman–Crippen MR) is 93.0 cm³/mol. The van der Waals surface area contributed by atoms with Crippen molar-refractivity contribution in [3.05, 3.63) is 54.1 Å². The van der Waals surface area contributed by atoms with E-state index in [1.807, 2.05) is 31.2 Å². The van der Waals surface area contributed by atoms with Gasteiger partial charge in [-0.2, -0.15) is 0 Å². The van der Waals surface area contributed by atoms with Crippen LogP contribution in [0.15, 0.2) is 58.3 Å². The summed E-state index contributed by atoms with van der Waals surface area (Å²) in [5.74, 6) is 0.553. The number of benzene rings is 2. The van der Waals surface area contributed by atoms with Crippen molar-refractivity contribution < 1.29 is 13.2 Å². The highest BCUT2D eigenvalue weighted by Crippen LogP contribution is 2.19. The van der Waals surface area contributed by atoms with E-state index < -0.39 is 10.0 Å². The van der Waals surface area contributed by atoms with Crippen molar-refractivity contribution in [2.75, 3.05) is 11.1 Å². The summed E-state index contributed by atoms with van der Waals surface area (Å²) >= 11 is 1.62. The first-order chi connectivity index (χ1) is 10.8. The predicted octanol–water partition coefficient (Wildman–Crippen LogP) is 2.76. The first-order valence-corrected chi connectivity index (χ1v) is 9.50. The van der Waals surface area contributed by atoms with Crippen LogP contribution in [0.25, 0.3) is 0 Å². The third kappa shape index (κ3) is 5.70. The molecule has 0 saturated heterocycles. The second-order valence-corrected chi connectivity index (χ2v) is 7.76. The maximum Gasteiger partial charge on any atom is 0.238 e. The van der Waals surface area contributed by atoms with Crippen molar-refractivity contribution >= 4 is 33.4 Å². The number of hydrogen-bond acceptors (Lipinski definition) is 4. The quantitative estimate of drug-likeness (QED) is 0.784. The molecule has 0 unspecified atom stereocenters. The van der Waals surface area contributed by atoms with Crippen LogP contribution in [0, 0.1) is 6.92 Å². The summed E-state index contributed by atoms with van der Waals surface area (Å²) in [6.45, 7) is 2.03. The van der Waals surface area contributed by atoms with E-state index >= 15 is 0 Å². The zero-order valence-corrected chi connectivity index (χ0v) is 14.3. The number of primary sulfonamides is 1. The average Bonchev–Trinajstić information content (AvgIpc) is 2.49. The molecular formula is C16H18N2O3S2. The Hall–Kier alpha value is -1.83. The van der Waals surface area contributed by atoms with Gasteiger partial charge in [-0.25, -0.2) is 13.6 Å². The Labute approximate surface area is 140 Å². The van der Waals surface area contributed by atoms with E-state index in [2.05, 4.69) is 5.32 Å². The molecule has 2 aromatic rings. The lowest BCUT2D eigenvalue weighted by atomic mass is 10.2. The van der Waals surface area contributed by atoms with E-state index in [9.17, 15) is 13.2 Å². The average molecular weight is 350 g/mol. The lowest BCUT2D eigenvalue weighted by molar-refractivity contribution is -0.115. The van der Waals surface area contributed by atoms with Gasteiger partial charge in [-0.1, -0.05) is 17.7 Å². The van der Waals surface area contributed by atoms with Crippen LogP contribution in [0.4, 0.5) is 5.69 Å². The molecule has 3 N–H and O–H groups in total. The van der Waals surface area contributed by atoms with Crippen molar-refractivity contribution in [1.82, 2.24) is 0 Å². The molecule has 0 aliphatic carbocycles. The van der Waals surface area contributed by atoms with Gasteiger partial charge in [0.2, 0.25) is 15.9 Å². The van der Waals surface area contributed by atoms with Gasteiger partial charge in [-0.15, -0.1) is 11.8 Å². The van der Waals surface area contributed by atoms with Crippen LogP contribution in [0.5, 0.6) is 0 Å². The minimum atomic E-state index is -3.71. The second kappa shape index (κ2) is 7.63. The highest BCUT2D eigenvalue weighted by atomic mass is 32.2. The Morgan fingerprint density at radius 1 is 1.09 bits per heavy atom. The number of carbonyl (C=O) groups excluding carboxylic acids is 1. The van der Waals surface area contributed by atoms with Crippen LogP contribution in [0.1, 0.15) is 12.0 Å². The molecule has 0 spiro atoms. The Morgan fingerprint density at radius 3 is 2.26 bits per heavy atom. The van der Waals surface area contributed by atoms with Crippen molar-refractivity contribution in [1.29, 1.82) is 0 Å². The summed E-state index contributed by atoms with van der Waals surface area (Å²) in [4.78, 5) is 13.0. The molecule has 1 amide bonds. The minimum absolute atomic E-state index is 0.0189. The fraction of sp³-hybridized carbons (Fsp3) is 0.188. The number of sulfonamides is 1. The fourth-order valence-electron chi connectivity index (χ4n) is 1.85. The molecule has 0 aromatic heterocycles. The Kier molecular flexibility index (Phi) is 5.81. The van der Waals surface area contributed by atoms with E-state index in [4.69, 9.17) is 5.14 Å². The summed E-state index contributed by atoms with van der Waals surface area (Å²) in [6.07, 6.45) is 0.371. The molecule has 0 heterocycles. The molecule has 2 rings (SSSR count). The molecule has 23 heavy (non-hydrogen) atoms. The molecule has 7 heteroatoms. The van der Waals surface area contributed by atoms with Crippen molar-refractivity contribution in [3.63, 3.8) is 0 Å². The van der Waals surface area contributed by atoms with Crippen LogP contribution in [-0.4, -0.2) is 20.1 Å². The number of aryl methyl sites for hydroxylation is 1. The van der Waals surface area contributed by atoms with Gasteiger partial charge in [0.05, 0.1) is 4.90 Å². The molecule has 5 nitrogen and oxygen atoms in total. The molecule has 0 aliphatic heterocycles. The van der Waals surface area contributed by atoms with Gasteiger partial charge in [0.1, 0.15) is 0 Å². The minimum Gasteiger partial charge on any atom is -0.326 e. The summed E-state index contributed by atoms with van der Waals surface area (Å²) in [7, 11) is -3.71. The first-order valence-electron chi connectivity index (χ1n) is 6.97. The molecule has 0 saturated carbocycles. The summed E-state index contributed by atoms with van der Waals surface area (Å²) in [5, 5.41) is 7.75. The monoisotopic (exact) mass is 350 g/mol. The standard InChI is InChI=1S/C16H18N2O3S2/c1-12-2-6-14(7-3-12)22-11-10-16(19)18-13-4-8-15(9-5-13)23(17,20)21/h2-9H,10-11H2,1H3,(H,18,19)(H2,17,20,21). The van der Waals surface area contributed by atoms with Gasteiger partial charge >= 0.3 is 0 Å². The van der Waals surface area contributed by atoms with Gasteiger partial charge in [-0.05, 0) is 43.3 Å². The van der Waals surface area contributed by atoms with Gasteiger partial charge < -0.3 is 5.32 Å². The van der Waals surface area contributed by atoms with Crippen molar-refractivity contribution in [2.45, 2.75) is 23.1 Å². The first kappa shape index (κ1) is 17.5. The third-order valence-electron chi connectivity index (χ3n) is 3.09. The Bertz CT molecular complexity index is 770. The highest BCUT2D eigenvalue weighted by Gasteiger charge is 2.08. The number of hydrogen-bond donors (Lipinski definition) is 2. The van der Waals surface area contributed by atoms with Crippen LogP contribution >= 0.6 is 11.8 Å². The normalized spacial score (nSPS) is 11.2. The molecule has 0 fully saturated rings. The Morgan fingerprint density at radius 2 is 1.70 bits per heavy atom. The van der Waals surface area contributed by atoms with E-state index in [0.29, 0.717) is 17.9 Å². The SMILES string of the molecule is Cc1ccc(SCCC(=O)Nc2ccc(S(N)(=O)=O)cc2)cc1. The van der Waals surface area contributed by atoms with Gasteiger partial charge in [0.15, 0.2) is 0 Å². The maximum absolute atomic E-state index is 11.9. The zero-order valence-electron chi connectivity index (χ0n) is 12.7. The molecule has 0 atom stereocenters. The largest absolute Gasteiger partial charge is 0.326 e. The highest BCUT2D eigenvalue weighted by molar-refractivity contribution is 7.99. The molecular weight excluding hydrogens is 332 g/mol. The maximum atomic E-state index is 11.9. The lowest BCUT2D eigenvalue weighted by Gasteiger charge is -2.06. The summed E-state index contributed by atoms with van der Waals surface area (Å²) in [5.41, 5.74) is 1.75. The number of thioether (sulfide) groups is 1. The third-order valence-corrected chi connectivity index (χ3v) is 5.03. The van der Waals surface area contributed by atoms with Crippen molar-refractivity contribution in [2.24, 2.45) is 5.14 Å². The Balaban J connectivity index is 1.81. The molecule has 122 valence electrons. The van der Waals surface area contributed by atoms with Crippen LogP contribution in [-0.2, 0) is 14.8 Å². The number of anilines is 1. The van der Waals surface area contributed by atoms with Crippen LogP contribution < -0.4 is 10.5 Å². The van der Waals surface area contributed by atoms with Crippen LogP contribution in [0.3, 0.4) is 0 Å². The molecule has 2 aromatic carbocycles. The van der Waals surface area contributed by atoms with Crippen molar-refractivity contribution in [3.8, 4) is 0 Å². The summed E-state index contributed by atoms with van der Waals surface area (Å²) in [6, 6.07) is 13.9. The molecule has 0 bridgehead atoms. The summed E-state index contributed by atoms with van der Waals surface area (Å²) < 4.78 is 22.3. The van der Waals surface area contributed by atoms with Gasteiger partial charge in [0.25, 0.3) is 0 Å². The molecule has 0 aliphatic rings. The van der Waals surface area contributed by atoms with Crippen LogP contribution in [0.2, 0.25) is 0 Å². The van der Waals surface area contributed by atoms with E-state index in [1.54, 1.807) is 11.8 Å². The topological polar surface area (TPSA) is 89.3 Å². The zero-order chi connectivity index (χ0) is 16.9. The molecule has 0 radical (unpaired) electrons. The van der Waals surface area contributed by atoms with E-state index in [1.165, 1.54) is 29.8 Å². The smallest absolute Gasteiger partial charge is 0.238 e. The lowest BCUT2D eigenvalue weighted by Crippen LogP contribution is -2.14. The number of rotatable bonds is 6. The van der Waals surface area contributed by atoms with E-state index in [0.717, 1.165) is 4.90 Å². The number of carbonyl (C=O) groups is 1. The van der Waals surface area contributed by atoms with Gasteiger partial charge in [-0.3, -0.25) is 4.79 Å². The second-order valence-electron chi connectivity index (χ2n) is 5.03. The van der Waals surface area contributed by atoms with E-state index in [-0.39, 0.29) is 10.8 Å². The number of nitrogens with two attached hydrogens (primary N) is 1. The fourth-order valence-corrected chi connectivity index (χ4v) is 3.21. The number of nitrogens with one attached hydrogen (secondary N) is 1. The van der Waals surface area contributed by atoms with Gasteiger partial charge in [0, 0.05) is 22.8 Å². The number of amides is 1.